The zero-order chi connectivity index (χ0) is 14.6. The van der Waals surface area contributed by atoms with Gasteiger partial charge < -0.3 is 15.3 Å². The molecule has 1 saturated heterocycles. The number of carboxylic acid groups (broad SMARTS) is 1. The predicted octanol–water partition coefficient (Wildman–Crippen LogP) is 2.02. The highest BCUT2D eigenvalue weighted by atomic mass is 32.2. The second-order valence-corrected chi connectivity index (χ2v) is 7.51. The molecule has 3 atom stereocenters. The Labute approximate surface area is 119 Å². The first-order valence-electron chi connectivity index (χ1n) is 6.73. The maximum Gasteiger partial charge on any atom is 0.326 e. The molecule has 0 aromatic rings. The molecule has 0 bridgehead atoms. The van der Waals surface area contributed by atoms with Crippen LogP contribution in [0.2, 0.25) is 0 Å². The highest BCUT2D eigenvalue weighted by Gasteiger charge is 2.29. The van der Waals surface area contributed by atoms with Crippen LogP contribution >= 0.6 is 11.8 Å². The lowest BCUT2D eigenvalue weighted by Gasteiger charge is -2.35. The van der Waals surface area contributed by atoms with Crippen LogP contribution in [0.15, 0.2) is 0 Å². The van der Waals surface area contributed by atoms with Gasteiger partial charge in [-0.05, 0) is 12.3 Å². The van der Waals surface area contributed by atoms with Crippen molar-refractivity contribution in [1.29, 1.82) is 0 Å². The van der Waals surface area contributed by atoms with Crippen molar-refractivity contribution in [2.75, 3.05) is 13.1 Å². The Balaban J connectivity index is 2.58. The smallest absolute Gasteiger partial charge is 0.326 e. The van der Waals surface area contributed by atoms with Gasteiger partial charge in [-0.1, -0.05) is 27.7 Å². The summed E-state index contributed by atoms with van der Waals surface area (Å²) in [6, 6.07) is -1.06. The molecule has 0 aromatic heterocycles. The minimum atomic E-state index is -0.963. The molecule has 1 heterocycles. The van der Waals surface area contributed by atoms with Crippen LogP contribution in [0.25, 0.3) is 0 Å². The molecule has 110 valence electrons. The lowest BCUT2D eigenvalue weighted by molar-refractivity contribution is -0.139. The molecule has 0 aromatic carbocycles. The van der Waals surface area contributed by atoms with Crippen molar-refractivity contribution in [3.05, 3.63) is 0 Å². The van der Waals surface area contributed by atoms with Gasteiger partial charge in [-0.15, -0.1) is 0 Å². The summed E-state index contributed by atoms with van der Waals surface area (Å²) in [5.74, 6) is -0.731. The predicted molar refractivity (Wildman–Crippen MR) is 77.5 cm³/mol. The summed E-state index contributed by atoms with van der Waals surface area (Å²) in [5.41, 5.74) is 0. The molecule has 0 aliphatic carbocycles. The standard InChI is InChI=1S/C13H24N2O3S/c1-8(2)5-11(12(16)17)14-13(18)15-6-9(3)19-10(4)7-15/h8-11H,5-7H2,1-4H3,(H,14,18)(H,16,17). The van der Waals surface area contributed by atoms with Crippen LogP contribution in [-0.4, -0.2) is 51.6 Å². The number of nitrogens with one attached hydrogen (secondary N) is 1. The number of carbonyl (C=O) groups excluding carboxylic acids is 1. The quantitative estimate of drug-likeness (QED) is 0.830. The van der Waals surface area contributed by atoms with E-state index in [-0.39, 0.29) is 11.9 Å². The van der Waals surface area contributed by atoms with Crippen molar-refractivity contribution in [2.45, 2.75) is 50.7 Å². The van der Waals surface area contributed by atoms with E-state index in [2.05, 4.69) is 19.2 Å². The highest BCUT2D eigenvalue weighted by molar-refractivity contribution is 8.00. The molecule has 3 unspecified atom stereocenters. The van der Waals surface area contributed by atoms with Crippen molar-refractivity contribution in [1.82, 2.24) is 10.2 Å². The summed E-state index contributed by atoms with van der Waals surface area (Å²) in [6.07, 6.45) is 0.453. The van der Waals surface area contributed by atoms with E-state index in [9.17, 15) is 9.59 Å². The first-order chi connectivity index (χ1) is 8.79. The van der Waals surface area contributed by atoms with Gasteiger partial charge in [0.15, 0.2) is 0 Å². The maximum absolute atomic E-state index is 12.1. The Morgan fingerprint density at radius 3 is 2.26 bits per heavy atom. The largest absolute Gasteiger partial charge is 0.480 e. The molecule has 0 saturated carbocycles. The third kappa shape index (κ3) is 5.30. The van der Waals surface area contributed by atoms with Crippen molar-refractivity contribution in [3.63, 3.8) is 0 Å². The molecule has 0 spiro atoms. The van der Waals surface area contributed by atoms with Crippen molar-refractivity contribution in [3.8, 4) is 0 Å². The second kappa shape index (κ2) is 7.03. The molecule has 19 heavy (non-hydrogen) atoms. The topological polar surface area (TPSA) is 69.6 Å². The highest BCUT2D eigenvalue weighted by Crippen LogP contribution is 2.24. The van der Waals surface area contributed by atoms with Gasteiger partial charge in [-0.25, -0.2) is 9.59 Å². The van der Waals surface area contributed by atoms with Gasteiger partial charge in [0.2, 0.25) is 0 Å². The van der Waals surface area contributed by atoms with Crippen molar-refractivity contribution >= 4 is 23.8 Å². The molecule has 6 heteroatoms. The number of nitrogens with zero attached hydrogens (tertiary/aromatic N) is 1. The number of urea groups is 1. The summed E-state index contributed by atoms with van der Waals surface area (Å²) >= 11 is 1.86. The van der Waals surface area contributed by atoms with Gasteiger partial charge in [0.25, 0.3) is 0 Å². The summed E-state index contributed by atoms with van der Waals surface area (Å²) in [7, 11) is 0. The van der Waals surface area contributed by atoms with E-state index >= 15 is 0 Å². The van der Waals surface area contributed by atoms with Crippen LogP contribution < -0.4 is 5.32 Å². The number of carboxylic acids is 1. The van der Waals surface area contributed by atoms with Gasteiger partial charge in [-0.3, -0.25) is 0 Å². The van der Waals surface area contributed by atoms with E-state index in [4.69, 9.17) is 5.11 Å². The summed E-state index contributed by atoms with van der Waals surface area (Å²) in [5, 5.41) is 12.6. The van der Waals surface area contributed by atoms with Crippen molar-refractivity contribution < 1.29 is 14.7 Å². The Kier molecular flexibility index (Phi) is 5.97. The molecule has 2 N–H and O–H groups in total. The Hall–Kier alpha value is -0.910. The molecule has 1 rings (SSSR count). The number of carbonyl (C=O) groups is 2. The molecule has 5 nitrogen and oxygen atoms in total. The average Bonchev–Trinajstić information content (AvgIpc) is 2.25. The van der Waals surface area contributed by atoms with Gasteiger partial charge in [0.05, 0.1) is 0 Å². The second-order valence-electron chi connectivity index (χ2n) is 5.63. The fraction of sp³-hybridized carbons (Fsp3) is 0.846. The normalized spacial score (nSPS) is 25.2. The van der Waals surface area contributed by atoms with Crippen LogP contribution in [0.4, 0.5) is 4.79 Å². The van der Waals surface area contributed by atoms with E-state index in [1.165, 1.54) is 0 Å². The van der Waals surface area contributed by atoms with E-state index in [1.54, 1.807) is 4.90 Å². The first kappa shape index (κ1) is 16.1. The van der Waals surface area contributed by atoms with Crippen LogP contribution in [0.1, 0.15) is 34.1 Å². The van der Waals surface area contributed by atoms with Crippen LogP contribution in [0, 0.1) is 5.92 Å². The molecule has 1 aliphatic rings. The van der Waals surface area contributed by atoms with Gasteiger partial charge in [-0.2, -0.15) is 11.8 Å². The molecule has 1 aliphatic heterocycles. The Bertz CT molecular complexity index is 326. The number of thioether (sulfide) groups is 1. The Morgan fingerprint density at radius 1 is 1.32 bits per heavy atom. The summed E-state index contributed by atoms with van der Waals surface area (Å²) in [6.45, 7) is 9.42. The average molecular weight is 288 g/mol. The fourth-order valence-electron chi connectivity index (χ4n) is 2.28. The third-order valence-electron chi connectivity index (χ3n) is 3.01. The minimum absolute atomic E-state index is 0.233. The first-order valence-corrected chi connectivity index (χ1v) is 7.67. The maximum atomic E-state index is 12.1. The van der Waals surface area contributed by atoms with Gasteiger partial charge >= 0.3 is 12.0 Å². The minimum Gasteiger partial charge on any atom is -0.480 e. The molecule has 1 fully saturated rings. The van der Waals surface area contributed by atoms with Crippen LogP contribution in [0.5, 0.6) is 0 Å². The molecular weight excluding hydrogens is 264 g/mol. The summed E-state index contributed by atoms with van der Waals surface area (Å²) < 4.78 is 0. The monoisotopic (exact) mass is 288 g/mol. The van der Waals surface area contributed by atoms with E-state index in [0.717, 1.165) is 0 Å². The van der Waals surface area contributed by atoms with E-state index in [0.29, 0.717) is 30.0 Å². The molecule has 2 amide bonds. The number of amides is 2. The SMILES string of the molecule is CC(C)CC(NC(=O)N1CC(C)SC(C)C1)C(=O)O. The van der Waals surface area contributed by atoms with Gasteiger partial charge in [0, 0.05) is 23.6 Å². The van der Waals surface area contributed by atoms with Crippen LogP contribution in [-0.2, 0) is 4.79 Å². The molecular formula is C13H24N2O3S. The van der Waals surface area contributed by atoms with E-state index < -0.39 is 12.0 Å². The lowest BCUT2D eigenvalue weighted by Crippen LogP contribution is -2.52. The number of hydrogen-bond acceptors (Lipinski definition) is 3. The number of aliphatic carboxylic acids is 1. The molecule has 0 radical (unpaired) electrons. The Morgan fingerprint density at radius 2 is 1.84 bits per heavy atom. The van der Waals surface area contributed by atoms with Crippen molar-refractivity contribution in [2.24, 2.45) is 5.92 Å². The number of rotatable bonds is 4. The fourth-order valence-corrected chi connectivity index (χ4v) is 3.60. The summed E-state index contributed by atoms with van der Waals surface area (Å²) in [4.78, 5) is 25.0. The zero-order valence-corrected chi connectivity index (χ0v) is 12.9. The third-order valence-corrected chi connectivity index (χ3v) is 4.24. The lowest BCUT2D eigenvalue weighted by atomic mass is 10.0. The van der Waals surface area contributed by atoms with Crippen LogP contribution in [0.3, 0.4) is 0 Å². The van der Waals surface area contributed by atoms with E-state index in [1.807, 2.05) is 25.6 Å². The zero-order valence-electron chi connectivity index (χ0n) is 12.0. The number of hydrogen-bond donors (Lipinski definition) is 2. The van der Waals surface area contributed by atoms with Gasteiger partial charge in [0.1, 0.15) is 6.04 Å².